The van der Waals surface area contributed by atoms with Crippen LogP contribution in [-0.4, -0.2) is 27.8 Å². The minimum atomic E-state index is -3.08. The van der Waals surface area contributed by atoms with E-state index in [1.54, 1.807) is 0 Å². The second kappa shape index (κ2) is 3.78. The Kier molecular flexibility index (Phi) is 3.71. The van der Waals surface area contributed by atoms with E-state index in [0.29, 0.717) is 0 Å². The van der Waals surface area contributed by atoms with Gasteiger partial charge in [-0.3, -0.25) is 0 Å². The Morgan fingerprint density at radius 1 is 1.67 bits per heavy atom. The quantitative estimate of drug-likeness (QED) is 0.378. The van der Waals surface area contributed by atoms with Crippen molar-refractivity contribution in [3.8, 4) is 0 Å². The Labute approximate surface area is 54.2 Å². The zero-order valence-electron chi connectivity index (χ0n) is 5.12. The molecule has 0 aromatic heterocycles. The number of rotatable bonds is 4. The van der Waals surface area contributed by atoms with Crippen molar-refractivity contribution in [3.05, 3.63) is 0 Å². The van der Waals surface area contributed by atoms with Crippen molar-refractivity contribution in [2.75, 3.05) is 19.4 Å². The molecule has 0 aliphatic carbocycles. The second-order valence-electron chi connectivity index (χ2n) is 1.54. The zero-order valence-corrected chi connectivity index (χ0v) is 5.94. The lowest BCUT2D eigenvalue weighted by molar-refractivity contribution is 0.143. The van der Waals surface area contributed by atoms with E-state index in [0.717, 1.165) is 6.26 Å². The summed E-state index contributed by atoms with van der Waals surface area (Å²) in [5.74, 6) is 4.62. The molecule has 0 aliphatic heterocycles. The number of nitrogens with one attached hydrogen (secondary N) is 1. The largest absolute Gasteiger partial charge is 0.303 e. The average Bonchev–Trinajstić information content (AvgIpc) is 1.63. The summed E-state index contributed by atoms with van der Waals surface area (Å²) in [4.78, 5) is 4.11. The molecule has 3 N–H and O–H groups in total. The molecule has 0 aromatic rings. The first-order valence-corrected chi connectivity index (χ1v) is 4.22. The number of hydrogen-bond donors (Lipinski definition) is 2. The van der Waals surface area contributed by atoms with E-state index in [4.69, 9.17) is 0 Å². The molecular formula is C3H10N2O3S. The zero-order chi connectivity index (χ0) is 7.33. The molecule has 0 atom stereocenters. The third-order valence-corrected chi connectivity index (χ3v) is 1.31. The monoisotopic (exact) mass is 154 g/mol. The van der Waals surface area contributed by atoms with E-state index in [9.17, 15) is 8.42 Å². The summed E-state index contributed by atoms with van der Waals surface area (Å²) in [6.45, 7) is 0.405. The van der Waals surface area contributed by atoms with Crippen LogP contribution in [-0.2, 0) is 14.9 Å². The fraction of sp³-hybridized carbons (Fsp3) is 1.00. The first-order chi connectivity index (χ1) is 4.06. The van der Waals surface area contributed by atoms with Crippen molar-refractivity contribution < 1.29 is 13.3 Å². The predicted octanol–water partition coefficient (Wildman–Crippen LogP) is -1.57. The highest BCUT2D eigenvalue weighted by molar-refractivity contribution is 7.88. The van der Waals surface area contributed by atoms with Gasteiger partial charge in [0.05, 0.1) is 12.9 Å². The molecule has 0 saturated heterocycles. The topological polar surface area (TPSA) is 81.4 Å². The molecule has 0 amide bonds. The molecule has 0 aliphatic rings. The minimum Gasteiger partial charge on any atom is -0.303 e. The SMILES string of the molecule is CS(=O)(=O)NCCON. The normalized spacial score (nSPS) is 11.8. The van der Waals surface area contributed by atoms with Crippen LogP contribution in [0.25, 0.3) is 0 Å². The Morgan fingerprint density at radius 3 is 2.56 bits per heavy atom. The third-order valence-electron chi connectivity index (χ3n) is 0.584. The van der Waals surface area contributed by atoms with Gasteiger partial charge in [-0.2, -0.15) is 0 Å². The van der Waals surface area contributed by atoms with Crippen LogP contribution in [0.15, 0.2) is 0 Å². The summed E-state index contributed by atoms with van der Waals surface area (Å²) in [6.07, 6.45) is 1.07. The van der Waals surface area contributed by atoms with Crippen LogP contribution < -0.4 is 10.6 Å². The molecule has 0 unspecified atom stereocenters. The molecule has 0 spiro atoms. The molecule has 0 rings (SSSR count). The molecular weight excluding hydrogens is 144 g/mol. The van der Waals surface area contributed by atoms with Crippen molar-refractivity contribution in [2.45, 2.75) is 0 Å². The number of sulfonamides is 1. The molecule has 6 heteroatoms. The smallest absolute Gasteiger partial charge is 0.208 e. The minimum absolute atomic E-state index is 0.188. The van der Waals surface area contributed by atoms with Gasteiger partial charge in [-0.25, -0.2) is 19.0 Å². The molecule has 9 heavy (non-hydrogen) atoms. The average molecular weight is 154 g/mol. The van der Waals surface area contributed by atoms with Crippen molar-refractivity contribution in [2.24, 2.45) is 5.90 Å². The summed E-state index contributed by atoms with van der Waals surface area (Å²) in [5.41, 5.74) is 0. The van der Waals surface area contributed by atoms with E-state index >= 15 is 0 Å². The molecule has 5 nitrogen and oxygen atoms in total. The summed E-state index contributed by atoms with van der Waals surface area (Å²) in [7, 11) is -3.08. The van der Waals surface area contributed by atoms with Crippen molar-refractivity contribution in [1.82, 2.24) is 4.72 Å². The van der Waals surface area contributed by atoms with Crippen LogP contribution in [0.3, 0.4) is 0 Å². The molecule has 0 aromatic carbocycles. The highest BCUT2D eigenvalue weighted by Crippen LogP contribution is 1.70. The van der Waals surface area contributed by atoms with Crippen molar-refractivity contribution in [1.29, 1.82) is 0 Å². The Balaban J connectivity index is 3.30. The molecule has 0 bridgehead atoms. The van der Waals surface area contributed by atoms with E-state index in [2.05, 4.69) is 15.5 Å². The molecule has 0 fully saturated rings. The third kappa shape index (κ3) is 7.83. The van der Waals surface area contributed by atoms with Gasteiger partial charge in [-0.05, 0) is 0 Å². The summed E-state index contributed by atoms with van der Waals surface area (Å²) in [5, 5.41) is 0. The maximum Gasteiger partial charge on any atom is 0.208 e. The van der Waals surface area contributed by atoms with Crippen molar-refractivity contribution >= 4 is 10.0 Å². The maximum absolute atomic E-state index is 10.3. The van der Waals surface area contributed by atoms with Crippen LogP contribution in [0.1, 0.15) is 0 Å². The van der Waals surface area contributed by atoms with E-state index in [-0.39, 0.29) is 13.2 Å². The van der Waals surface area contributed by atoms with Crippen LogP contribution in [0.2, 0.25) is 0 Å². The van der Waals surface area contributed by atoms with E-state index in [1.165, 1.54) is 0 Å². The van der Waals surface area contributed by atoms with Gasteiger partial charge < -0.3 is 4.84 Å². The lowest BCUT2D eigenvalue weighted by atomic mass is 10.8. The highest BCUT2D eigenvalue weighted by atomic mass is 32.2. The molecule has 0 heterocycles. The van der Waals surface area contributed by atoms with Gasteiger partial charge in [-0.15, -0.1) is 0 Å². The van der Waals surface area contributed by atoms with E-state index < -0.39 is 10.0 Å². The van der Waals surface area contributed by atoms with Crippen LogP contribution in [0.5, 0.6) is 0 Å². The molecule has 0 saturated carbocycles. The van der Waals surface area contributed by atoms with Gasteiger partial charge in [0.25, 0.3) is 0 Å². The maximum atomic E-state index is 10.3. The van der Waals surface area contributed by atoms with E-state index in [1.807, 2.05) is 0 Å². The lowest BCUT2D eigenvalue weighted by Crippen LogP contribution is -2.26. The fourth-order valence-electron chi connectivity index (χ4n) is 0.286. The van der Waals surface area contributed by atoms with Gasteiger partial charge >= 0.3 is 0 Å². The predicted molar refractivity (Wildman–Crippen MR) is 33.0 cm³/mol. The Hall–Kier alpha value is -0.170. The molecule has 56 valence electrons. The summed E-state index contributed by atoms with van der Waals surface area (Å²) in [6, 6.07) is 0. The lowest BCUT2D eigenvalue weighted by Gasteiger charge is -1.97. The van der Waals surface area contributed by atoms with Crippen LogP contribution in [0, 0.1) is 0 Å². The van der Waals surface area contributed by atoms with Crippen LogP contribution in [0.4, 0.5) is 0 Å². The Bertz CT molecular complexity index is 152. The fourth-order valence-corrected chi connectivity index (χ4v) is 0.740. The molecule has 0 radical (unpaired) electrons. The first-order valence-electron chi connectivity index (χ1n) is 2.32. The highest BCUT2D eigenvalue weighted by Gasteiger charge is 1.96. The van der Waals surface area contributed by atoms with Gasteiger partial charge in [0.1, 0.15) is 0 Å². The Morgan fingerprint density at radius 2 is 2.22 bits per heavy atom. The van der Waals surface area contributed by atoms with Crippen molar-refractivity contribution in [3.63, 3.8) is 0 Å². The summed E-state index contributed by atoms with van der Waals surface area (Å²) < 4.78 is 22.8. The van der Waals surface area contributed by atoms with Crippen LogP contribution >= 0.6 is 0 Å². The summed E-state index contributed by atoms with van der Waals surface area (Å²) >= 11 is 0. The number of nitrogens with two attached hydrogens (primary N) is 1. The van der Waals surface area contributed by atoms with Gasteiger partial charge in [0.15, 0.2) is 0 Å². The second-order valence-corrected chi connectivity index (χ2v) is 3.37. The first kappa shape index (κ1) is 8.83. The van der Waals surface area contributed by atoms with Gasteiger partial charge in [-0.1, -0.05) is 0 Å². The van der Waals surface area contributed by atoms with Gasteiger partial charge in [0, 0.05) is 6.54 Å². The standard InChI is InChI=1S/C3H10N2O3S/c1-9(6,7)5-2-3-8-4/h5H,2-4H2,1H3. The van der Waals surface area contributed by atoms with Gasteiger partial charge in [0.2, 0.25) is 10.0 Å². The number of hydrogen-bond acceptors (Lipinski definition) is 4.